The van der Waals surface area contributed by atoms with Crippen LogP contribution in [0.2, 0.25) is 0 Å². The molecule has 0 aromatic heterocycles. The van der Waals surface area contributed by atoms with Gasteiger partial charge in [-0.15, -0.1) is 0 Å². The van der Waals surface area contributed by atoms with Crippen LogP contribution in [0.25, 0.3) is 0 Å². The molecule has 0 bridgehead atoms. The molecule has 1 fully saturated rings. The van der Waals surface area contributed by atoms with Crippen molar-refractivity contribution in [1.29, 1.82) is 0 Å². The van der Waals surface area contributed by atoms with Crippen molar-refractivity contribution in [2.45, 2.75) is 39.3 Å². The van der Waals surface area contributed by atoms with Crippen molar-refractivity contribution in [3.05, 3.63) is 28.2 Å². The van der Waals surface area contributed by atoms with E-state index in [1.165, 1.54) is 12.8 Å². The average Bonchev–Trinajstić information content (AvgIpc) is 3.18. The van der Waals surface area contributed by atoms with E-state index >= 15 is 0 Å². The molecule has 0 atom stereocenters. The molecule has 1 saturated carbocycles. The van der Waals surface area contributed by atoms with Gasteiger partial charge in [0.25, 0.3) is 0 Å². The number of hydrogen-bond donors (Lipinski definition) is 1. The van der Waals surface area contributed by atoms with Crippen LogP contribution in [0.15, 0.2) is 22.7 Å². The van der Waals surface area contributed by atoms with Gasteiger partial charge in [0.15, 0.2) is 6.79 Å². The molecule has 0 saturated heterocycles. The van der Waals surface area contributed by atoms with E-state index < -0.39 is 0 Å². The number of rotatable bonds is 8. The van der Waals surface area contributed by atoms with Crippen LogP contribution in [0.3, 0.4) is 0 Å². The lowest BCUT2D eigenvalue weighted by molar-refractivity contribution is 0.00940. The molecule has 2 rings (SSSR count). The van der Waals surface area contributed by atoms with E-state index in [4.69, 9.17) is 9.47 Å². The highest BCUT2D eigenvalue weighted by Crippen LogP contribution is 2.29. The molecule has 1 aliphatic carbocycles. The molecule has 106 valence electrons. The maximum absolute atomic E-state index is 5.72. The van der Waals surface area contributed by atoms with Gasteiger partial charge < -0.3 is 14.8 Å². The Morgan fingerprint density at radius 1 is 1.37 bits per heavy atom. The summed E-state index contributed by atoms with van der Waals surface area (Å²) in [4.78, 5) is 0. The lowest BCUT2D eigenvalue weighted by Gasteiger charge is -2.14. The molecule has 4 heteroatoms. The second kappa shape index (κ2) is 7.27. The second-order valence-electron chi connectivity index (χ2n) is 5.36. The number of ether oxygens (including phenoxy) is 2. The Balaban J connectivity index is 1.85. The molecule has 0 spiro atoms. The summed E-state index contributed by atoms with van der Waals surface area (Å²) in [6.07, 6.45) is 2.61. The van der Waals surface area contributed by atoms with Gasteiger partial charge in [-0.05, 0) is 37.0 Å². The number of benzene rings is 1. The second-order valence-corrected chi connectivity index (χ2v) is 6.28. The zero-order valence-corrected chi connectivity index (χ0v) is 13.2. The summed E-state index contributed by atoms with van der Waals surface area (Å²) in [6.45, 7) is 6.24. The van der Waals surface area contributed by atoms with Crippen molar-refractivity contribution >= 4 is 15.9 Å². The quantitative estimate of drug-likeness (QED) is 0.583. The highest BCUT2D eigenvalue weighted by molar-refractivity contribution is 9.10. The molecule has 0 unspecified atom stereocenters. The van der Waals surface area contributed by atoms with E-state index in [2.05, 4.69) is 41.2 Å². The number of halogens is 1. The third-order valence-electron chi connectivity index (χ3n) is 3.07. The van der Waals surface area contributed by atoms with Gasteiger partial charge in [-0.1, -0.05) is 29.8 Å². The lowest BCUT2D eigenvalue weighted by atomic mass is 10.2. The van der Waals surface area contributed by atoms with Crippen LogP contribution >= 0.6 is 15.9 Å². The minimum absolute atomic E-state index is 0.340. The van der Waals surface area contributed by atoms with Crippen LogP contribution in [-0.4, -0.2) is 19.4 Å². The average molecular weight is 328 g/mol. The predicted octanol–water partition coefficient (Wildman–Crippen LogP) is 3.71. The van der Waals surface area contributed by atoms with Gasteiger partial charge >= 0.3 is 0 Å². The van der Waals surface area contributed by atoms with E-state index in [0.29, 0.717) is 12.8 Å². The van der Waals surface area contributed by atoms with E-state index in [1.54, 1.807) is 0 Å². The fourth-order valence-electron chi connectivity index (χ4n) is 1.75. The Labute approximate surface area is 123 Å². The van der Waals surface area contributed by atoms with Crippen LogP contribution in [0.1, 0.15) is 32.3 Å². The number of nitrogens with one attached hydrogen (secondary N) is 1. The summed E-state index contributed by atoms with van der Waals surface area (Å²) >= 11 is 3.50. The monoisotopic (exact) mass is 327 g/mol. The molecule has 0 heterocycles. The Morgan fingerprint density at radius 2 is 2.16 bits per heavy atom. The third-order valence-corrected chi connectivity index (χ3v) is 3.56. The third kappa shape index (κ3) is 5.51. The van der Waals surface area contributed by atoms with E-state index in [9.17, 15) is 0 Å². The van der Waals surface area contributed by atoms with Crippen LogP contribution < -0.4 is 10.1 Å². The maximum atomic E-state index is 5.72. The molecule has 1 aliphatic rings. The zero-order valence-electron chi connectivity index (χ0n) is 11.6. The Kier molecular flexibility index (Phi) is 5.67. The summed E-state index contributed by atoms with van der Waals surface area (Å²) in [5.41, 5.74) is 1.15. The van der Waals surface area contributed by atoms with Crippen molar-refractivity contribution in [2.75, 3.05) is 13.4 Å². The van der Waals surface area contributed by atoms with Gasteiger partial charge in [0, 0.05) is 22.6 Å². The van der Waals surface area contributed by atoms with Crippen LogP contribution in [0.5, 0.6) is 5.75 Å². The maximum Gasteiger partial charge on any atom is 0.189 e. The highest BCUT2D eigenvalue weighted by atomic mass is 79.9. The molecule has 0 radical (unpaired) electrons. The first-order valence-electron chi connectivity index (χ1n) is 6.87. The largest absolute Gasteiger partial charge is 0.467 e. The van der Waals surface area contributed by atoms with E-state index in [1.807, 2.05) is 12.1 Å². The predicted molar refractivity (Wildman–Crippen MR) is 80.3 cm³/mol. The van der Waals surface area contributed by atoms with Crippen molar-refractivity contribution in [3.63, 3.8) is 0 Å². The first kappa shape index (κ1) is 14.8. The van der Waals surface area contributed by atoms with E-state index in [0.717, 1.165) is 34.9 Å². The molecule has 0 amide bonds. The SMILES string of the molecule is CC(C)NCc1cc(Br)ccc1OCOCC1CC1. The minimum atomic E-state index is 0.340. The van der Waals surface area contributed by atoms with Gasteiger partial charge in [0.2, 0.25) is 0 Å². The van der Waals surface area contributed by atoms with E-state index in [-0.39, 0.29) is 0 Å². The molecule has 1 aromatic carbocycles. The molecule has 19 heavy (non-hydrogen) atoms. The summed E-state index contributed by atoms with van der Waals surface area (Å²) in [6, 6.07) is 6.53. The number of hydrogen-bond acceptors (Lipinski definition) is 3. The molecular formula is C15H22BrNO2. The normalized spacial score (nSPS) is 14.9. The Morgan fingerprint density at radius 3 is 2.84 bits per heavy atom. The van der Waals surface area contributed by atoms with Crippen LogP contribution in [0, 0.1) is 5.92 Å². The molecule has 0 aliphatic heterocycles. The van der Waals surface area contributed by atoms with Crippen molar-refractivity contribution in [2.24, 2.45) is 5.92 Å². The van der Waals surface area contributed by atoms with Crippen molar-refractivity contribution in [3.8, 4) is 5.75 Å². The first-order chi connectivity index (χ1) is 9.15. The zero-order chi connectivity index (χ0) is 13.7. The van der Waals surface area contributed by atoms with Crippen molar-refractivity contribution in [1.82, 2.24) is 5.32 Å². The summed E-state index contributed by atoms with van der Waals surface area (Å²) in [7, 11) is 0. The standard InChI is InChI=1S/C15H22BrNO2/c1-11(2)17-8-13-7-14(16)5-6-15(13)19-10-18-9-12-3-4-12/h5-7,11-12,17H,3-4,8-10H2,1-2H3. The highest BCUT2D eigenvalue weighted by Gasteiger charge is 2.21. The topological polar surface area (TPSA) is 30.5 Å². The smallest absolute Gasteiger partial charge is 0.189 e. The summed E-state index contributed by atoms with van der Waals surface area (Å²) in [5.74, 6) is 1.67. The fraction of sp³-hybridized carbons (Fsp3) is 0.600. The molecule has 3 nitrogen and oxygen atoms in total. The van der Waals surface area contributed by atoms with Gasteiger partial charge in [-0.3, -0.25) is 0 Å². The van der Waals surface area contributed by atoms with Gasteiger partial charge in [-0.25, -0.2) is 0 Å². The summed E-state index contributed by atoms with van der Waals surface area (Å²) in [5, 5.41) is 3.41. The Bertz CT molecular complexity index is 405. The van der Waals surface area contributed by atoms with Crippen LogP contribution in [-0.2, 0) is 11.3 Å². The first-order valence-corrected chi connectivity index (χ1v) is 7.67. The lowest BCUT2D eigenvalue weighted by Crippen LogP contribution is -2.22. The van der Waals surface area contributed by atoms with Crippen LogP contribution in [0.4, 0.5) is 0 Å². The Hall–Kier alpha value is -0.580. The summed E-state index contributed by atoms with van der Waals surface area (Å²) < 4.78 is 12.3. The molecule has 1 aromatic rings. The van der Waals surface area contributed by atoms with Gasteiger partial charge in [0.1, 0.15) is 5.75 Å². The molecular weight excluding hydrogens is 306 g/mol. The van der Waals surface area contributed by atoms with Gasteiger partial charge in [-0.2, -0.15) is 0 Å². The van der Waals surface area contributed by atoms with Crippen molar-refractivity contribution < 1.29 is 9.47 Å². The molecule has 1 N–H and O–H groups in total. The fourth-order valence-corrected chi connectivity index (χ4v) is 2.15. The van der Waals surface area contributed by atoms with Gasteiger partial charge in [0.05, 0.1) is 6.61 Å². The minimum Gasteiger partial charge on any atom is -0.467 e.